The summed E-state index contributed by atoms with van der Waals surface area (Å²) in [7, 11) is 3.98. The topological polar surface area (TPSA) is 53.4 Å². The summed E-state index contributed by atoms with van der Waals surface area (Å²) in [4.78, 5) is 20.4. The van der Waals surface area contributed by atoms with Gasteiger partial charge in [0.15, 0.2) is 0 Å². The molecule has 1 aliphatic heterocycles. The summed E-state index contributed by atoms with van der Waals surface area (Å²) in [6.45, 7) is 4.80. The van der Waals surface area contributed by atoms with Crippen molar-refractivity contribution >= 4 is 5.91 Å². The van der Waals surface area contributed by atoms with Crippen LogP contribution in [0, 0.1) is 0 Å². The van der Waals surface area contributed by atoms with Gasteiger partial charge >= 0.3 is 0 Å². The number of piperazine rings is 1. The highest BCUT2D eigenvalue weighted by Gasteiger charge is 2.17. The zero-order valence-electron chi connectivity index (χ0n) is 11.8. The van der Waals surface area contributed by atoms with Crippen LogP contribution in [-0.2, 0) is 18.3 Å². The molecule has 0 bridgehead atoms. The van der Waals surface area contributed by atoms with Crippen molar-refractivity contribution in [3.63, 3.8) is 0 Å². The first-order chi connectivity index (χ1) is 9.16. The Bertz CT molecular complexity index is 411. The number of carbonyl (C=O) groups excluding carboxylic acids is 1. The molecule has 106 valence electrons. The third-order valence-electron chi connectivity index (χ3n) is 3.51. The van der Waals surface area contributed by atoms with Crippen LogP contribution < -0.4 is 5.32 Å². The van der Waals surface area contributed by atoms with Gasteiger partial charge in [-0.3, -0.25) is 9.69 Å². The van der Waals surface area contributed by atoms with Gasteiger partial charge < -0.3 is 14.8 Å². The second kappa shape index (κ2) is 6.68. The van der Waals surface area contributed by atoms with Crippen LogP contribution >= 0.6 is 0 Å². The summed E-state index contributed by atoms with van der Waals surface area (Å²) in [6, 6.07) is 0. The number of rotatable bonds is 5. The number of nitrogens with zero attached hydrogens (tertiary/aromatic N) is 4. The molecule has 1 aromatic rings. The number of aromatic nitrogens is 2. The molecule has 6 heteroatoms. The van der Waals surface area contributed by atoms with Crippen molar-refractivity contribution in [3.8, 4) is 0 Å². The van der Waals surface area contributed by atoms with Crippen LogP contribution in [0.15, 0.2) is 12.4 Å². The fraction of sp³-hybridized carbons (Fsp3) is 0.692. The molecular weight excluding hydrogens is 242 g/mol. The van der Waals surface area contributed by atoms with Crippen molar-refractivity contribution in [2.75, 3.05) is 46.3 Å². The number of hydrogen-bond donors (Lipinski definition) is 1. The molecule has 1 fully saturated rings. The van der Waals surface area contributed by atoms with Gasteiger partial charge in [-0.1, -0.05) is 0 Å². The summed E-state index contributed by atoms with van der Waals surface area (Å²) in [5, 5.41) is 3.25. The summed E-state index contributed by atoms with van der Waals surface area (Å²) >= 11 is 0. The van der Waals surface area contributed by atoms with E-state index < -0.39 is 0 Å². The van der Waals surface area contributed by atoms with Crippen LogP contribution in [0.2, 0.25) is 0 Å². The molecule has 1 N–H and O–H groups in total. The first-order valence-corrected chi connectivity index (χ1v) is 6.80. The third-order valence-corrected chi connectivity index (χ3v) is 3.51. The number of aryl methyl sites for hydroxylation is 1. The Morgan fingerprint density at radius 1 is 1.47 bits per heavy atom. The van der Waals surface area contributed by atoms with E-state index in [0.717, 1.165) is 45.0 Å². The number of carbonyl (C=O) groups is 1. The van der Waals surface area contributed by atoms with Crippen molar-refractivity contribution in [1.29, 1.82) is 0 Å². The van der Waals surface area contributed by atoms with Gasteiger partial charge in [-0.05, 0) is 7.05 Å². The molecule has 2 rings (SSSR count). The molecule has 0 aliphatic carbocycles. The number of hydrogen-bond acceptors (Lipinski definition) is 4. The molecule has 0 radical (unpaired) electrons. The lowest BCUT2D eigenvalue weighted by Gasteiger charge is -2.29. The van der Waals surface area contributed by atoms with E-state index in [0.29, 0.717) is 6.54 Å². The van der Waals surface area contributed by atoms with E-state index in [-0.39, 0.29) is 5.91 Å². The van der Waals surface area contributed by atoms with Crippen LogP contribution in [-0.4, -0.2) is 71.6 Å². The van der Waals surface area contributed by atoms with E-state index in [1.807, 2.05) is 29.8 Å². The van der Waals surface area contributed by atoms with Crippen LogP contribution in [0.4, 0.5) is 0 Å². The summed E-state index contributed by atoms with van der Waals surface area (Å²) in [5.41, 5.74) is 0. The van der Waals surface area contributed by atoms with Crippen LogP contribution in [0.3, 0.4) is 0 Å². The average molecular weight is 265 g/mol. The van der Waals surface area contributed by atoms with E-state index in [2.05, 4.69) is 15.2 Å². The molecule has 0 aromatic carbocycles. The van der Waals surface area contributed by atoms with Gasteiger partial charge in [0.1, 0.15) is 5.82 Å². The lowest BCUT2D eigenvalue weighted by atomic mass is 10.3. The first kappa shape index (κ1) is 14.0. The number of likely N-dealkylation sites (N-methyl/N-ethyl adjacent to an activating group) is 1. The monoisotopic (exact) mass is 265 g/mol. The quantitative estimate of drug-likeness (QED) is 0.767. The zero-order chi connectivity index (χ0) is 13.7. The van der Waals surface area contributed by atoms with E-state index in [1.54, 1.807) is 6.20 Å². The molecule has 1 amide bonds. The second-order valence-electron chi connectivity index (χ2n) is 5.07. The molecular formula is C13H23N5O. The molecule has 19 heavy (non-hydrogen) atoms. The normalized spacial score (nSPS) is 16.1. The molecule has 0 unspecified atom stereocenters. The highest BCUT2D eigenvalue weighted by atomic mass is 16.2. The fourth-order valence-corrected chi connectivity index (χ4v) is 2.25. The summed E-state index contributed by atoms with van der Waals surface area (Å²) in [5.74, 6) is 1.28. The minimum atomic E-state index is 0.226. The molecule has 1 saturated heterocycles. The van der Waals surface area contributed by atoms with Gasteiger partial charge in [-0.25, -0.2) is 4.98 Å². The van der Waals surface area contributed by atoms with Crippen LogP contribution in [0.1, 0.15) is 5.82 Å². The number of imidazole rings is 1. The van der Waals surface area contributed by atoms with Crippen molar-refractivity contribution in [1.82, 2.24) is 24.7 Å². The highest BCUT2D eigenvalue weighted by molar-refractivity contribution is 5.78. The summed E-state index contributed by atoms with van der Waals surface area (Å²) in [6.07, 6.45) is 4.62. The fourth-order valence-electron chi connectivity index (χ4n) is 2.25. The van der Waals surface area contributed by atoms with Gasteiger partial charge in [-0.15, -0.1) is 0 Å². The Morgan fingerprint density at radius 2 is 2.21 bits per heavy atom. The minimum Gasteiger partial charge on any atom is -0.339 e. The Kier molecular flexibility index (Phi) is 4.93. The minimum absolute atomic E-state index is 0.226. The first-order valence-electron chi connectivity index (χ1n) is 6.80. The van der Waals surface area contributed by atoms with Gasteiger partial charge in [-0.2, -0.15) is 0 Å². The van der Waals surface area contributed by atoms with Crippen molar-refractivity contribution in [2.45, 2.75) is 6.42 Å². The zero-order valence-corrected chi connectivity index (χ0v) is 11.8. The Morgan fingerprint density at radius 3 is 2.84 bits per heavy atom. The molecule has 0 saturated carbocycles. The van der Waals surface area contributed by atoms with Crippen LogP contribution in [0.5, 0.6) is 0 Å². The van der Waals surface area contributed by atoms with E-state index >= 15 is 0 Å². The van der Waals surface area contributed by atoms with Gasteiger partial charge in [0, 0.05) is 58.6 Å². The average Bonchev–Trinajstić information content (AvgIpc) is 2.83. The molecule has 1 aliphatic rings. The molecule has 2 heterocycles. The highest BCUT2D eigenvalue weighted by Crippen LogP contribution is 1.99. The largest absolute Gasteiger partial charge is 0.339 e. The molecule has 0 atom stereocenters. The Hall–Kier alpha value is -1.40. The predicted octanol–water partition coefficient (Wildman–Crippen LogP) is -0.674. The van der Waals surface area contributed by atoms with Gasteiger partial charge in [0.05, 0.1) is 6.54 Å². The number of nitrogens with one attached hydrogen (secondary N) is 1. The van der Waals surface area contributed by atoms with Gasteiger partial charge in [0.2, 0.25) is 5.91 Å². The standard InChI is InChI=1S/C13H23N5O/c1-16(7-3-12-15-6-8-17(12)2)11-13(19)18-9-4-14-5-10-18/h6,8,14H,3-5,7,9-11H2,1-2H3. The smallest absolute Gasteiger partial charge is 0.236 e. The maximum absolute atomic E-state index is 12.1. The van der Waals surface area contributed by atoms with Crippen molar-refractivity contribution in [2.24, 2.45) is 7.05 Å². The Labute approximate surface area is 114 Å². The SMILES string of the molecule is CN(CCc1nccn1C)CC(=O)N1CCNCC1. The maximum Gasteiger partial charge on any atom is 0.236 e. The second-order valence-corrected chi connectivity index (χ2v) is 5.07. The number of amides is 1. The lowest BCUT2D eigenvalue weighted by Crippen LogP contribution is -2.49. The van der Waals surface area contributed by atoms with E-state index in [9.17, 15) is 4.79 Å². The van der Waals surface area contributed by atoms with Crippen LogP contribution in [0.25, 0.3) is 0 Å². The van der Waals surface area contributed by atoms with Gasteiger partial charge in [0.25, 0.3) is 0 Å². The lowest BCUT2D eigenvalue weighted by molar-refractivity contribution is -0.132. The maximum atomic E-state index is 12.1. The van der Waals surface area contributed by atoms with E-state index in [1.165, 1.54) is 0 Å². The summed E-state index contributed by atoms with van der Waals surface area (Å²) < 4.78 is 2.02. The third kappa shape index (κ3) is 4.04. The van der Waals surface area contributed by atoms with Crippen molar-refractivity contribution in [3.05, 3.63) is 18.2 Å². The molecule has 0 spiro atoms. The Balaban J connectivity index is 1.73. The van der Waals surface area contributed by atoms with E-state index in [4.69, 9.17) is 0 Å². The molecule has 6 nitrogen and oxygen atoms in total. The predicted molar refractivity (Wildman–Crippen MR) is 73.9 cm³/mol. The molecule has 1 aromatic heterocycles. The van der Waals surface area contributed by atoms with Crippen molar-refractivity contribution < 1.29 is 4.79 Å².